The summed E-state index contributed by atoms with van der Waals surface area (Å²) >= 11 is 5.07. The van der Waals surface area contributed by atoms with Crippen LogP contribution in [-0.4, -0.2) is 28.2 Å². The average Bonchev–Trinajstić information content (AvgIpc) is 2.53. The number of benzene rings is 1. The quantitative estimate of drug-likeness (QED) is 0.489. The second kappa shape index (κ2) is 5.97. The molecule has 5 N–H and O–H groups in total. The molecule has 1 aliphatic rings. The van der Waals surface area contributed by atoms with E-state index in [2.05, 4.69) is 15.3 Å². The van der Waals surface area contributed by atoms with Gasteiger partial charge in [0.05, 0.1) is 18.6 Å². The molecule has 1 aliphatic heterocycles. The zero-order valence-electron chi connectivity index (χ0n) is 13.1. The van der Waals surface area contributed by atoms with Gasteiger partial charge in [0.2, 0.25) is 0 Å². The first kappa shape index (κ1) is 16.0. The molecule has 1 aromatic carbocycles. The molecule has 1 unspecified atom stereocenters. The van der Waals surface area contributed by atoms with Crippen LogP contribution in [-0.2, 0) is 9.53 Å². The fourth-order valence-corrected chi connectivity index (χ4v) is 3.08. The third-order valence-corrected chi connectivity index (χ3v) is 4.11. The summed E-state index contributed by atoms with van der Waals surface area (Å²) in [5, 5.41) is 12.6. The highest BCUT2D eigenvalue weighted by Crippen LogP contribution is 2.43. The van der Waals surface area contributed by atoms with Crippen LogP contribution in [0.3, 0.4) is 0 Å². The number of anilines is 2. The SMILES string of the molecule is COC(=O)C1=C(C)Nc2nc(=S)[nH]c(N)c2C1c1ccc(O)cc1. The van der Waals surface area contributed by atoms with E-state index in [0.29, 0.717) is 28.5 Å². The molecule has 0 fully saturated rings. The number of phenolic OH excluding ortho intramolecular Hbond substituents is 1. The Hall–Kier alpha value is -2.87. The maximum absolute atomic E-state index is 12.4. The lowest BCUT2D eigenvalue weighted by Gasteiger charge is -2.29. The van der Waals surface area contributed by atoms with Crippen molar-refractivity contribution in [2.45, 2.75) is 12.8 Å². The summed E-state index contributed by atoms with van der Waals surface area (Å²) in [6.45, 7) is 1.76. The van der Waals surface area contributed by atoms with Crippen molar-refractivity contribution < 1.29 is 14.6 Å². The highest BCUT2D eigenvalue weighted by Gasteiger charge is 2.35. The van der Waals surface area contributed by atoms with Gasteiger partial charge in [-0.05, 0) is 36.8 Å². The first-order valence-corrected chi connectivity index (χ1v) is 7.58. The second-order valence-corrected chi connectivity index (χ2v) is 5.78. The van der Waals surface area contributed by atoms with Crippen molar-refractivity contribution in [3.05, 3.63) is 51.4 Å². The Morgan fingerprint density at radius 2 is 2.04 bits per heavy atom. The Morgan fingerprint density at radius 1 is 1.38 bits per heavy atom. The van der Waals surface area contributed by atoms with Crippen LogP contribution in [0.25, 0.3) is 0 Å². The number of nitrogen functional groups attached to an aromatic ring is 1. The van der Waals surface area contributed by atoms with Gasteiger partial charge in [0.25, 0.3) is 0 Å². The molecule has 3 rings (SSSR count). The molecular weight excluding hydrogens is 328 g/mol. The van der Waals surface area contributed by atoms with Crippen LogP contribution in [0.1, 0.15) is 24.0 Å². The summed E-state index contributed by atoms with van der Waals surface area (Å²) < 4.78 is 5.18. The number of hydrogen-bond acceptors (Lipinski definition) is 7. The van der Waals surface area contributed by atoms with Gasteiger partial charge in [-0.3, -0.25) is 0 Å². The molecule has 24 heavy (non-hydrogen) atoms. The molecule has 0 amide bonds. The van der Waals surface area contributed by atoms with Gasteiger partial charge in [0.15, 0.2) is 4.77 Å². The van der Waals surface area contributed by atoms with Gasteiger partial charge in [-0.1, -0.05) is 12.1 Å². The number of aromatic amines is 1. The van der Waals surface area contributed by atoms with Crippen molar-refractivity contribution in [2.24, 2.45) is 0 Å². The van der Waals surface area contributed by atoms with Crippen molar-refractivity contribution >= 4 is 29.8 Å². The second-order valence-electron chi connectivity index (χ2n) is 5.40. The number of methoxy groups -OCH3 is 1. The number of nitrogens with one attached hydrogen (secondary N) is 2. The largest absolute Gasteiger partial charge is 0.508 e. The van der Waals surface area contributed by atoms with E-state index in [1.807, 2.05) is 0 Å². The van der Waals surface area contributed by atoms with Gasteiger partial charge < -0.3 is 25.9 Å². The lowest BCUT2D eigenvalue weighted by Crippen LogP contribution is -2.26. The number of aromatic nitrogens is 2. The third kappa shape index (κ3) is 2.61. The van der Waals surface area contributed by atoms with Crippen LogP contribution in [0.15, 0.2) is 35.5 Å². The molecule has 2 aromatic rings. The van der Waals surface area contributed by atoms with Crippen LogP contribution in [0.2, 0.25) is 0 Å². The van der Waals surface area contributed by atoms with Crippen molar-refractivity contribution in [3.8, 4) is 5.75 Å². The van der Waals surface area contributed by atoms with Gasteiger partial charge >= 0.3 is 5.97 Å². The molecule has 124 valence electrons. The van der Waals surface area contributed by atoms with Crippen LogP contribution in [0.5, 0.6) is 5.75 Å². The molecule has 0 radical (unpaired) electrons. The first-order chi connectivity index (χ1) is 11.4. The number of allylic oxidation sites excluding steroid dienone is 1. The highest BCUT2D eigenvalue weighted by atomic mass is 32.1. The molecule has 1 aromatic heterocycles. The number of carbonyl (C=O) groups excluding carboxylic acids is 1. The van der Waals surface area contributed by atoms with Crippen molar-refractivity contribution in [1.82, 2.24) is 9.97 Å². The topological polar surface area (TPSA) is 113 Å². The van der Waals surface area contributed by atoms with Crippen LogP contribution < -0.4 is 11.1 Å². The smallest absolute Gasteiger partial charge is 0.336 e. The number of hydrogen-bond donors (Lipinski definition) is 4. The van der Waals surface area contributed by atoms with Crippen molar-refractivity contribution in [3.63, 3.8) is 0 Å². The summed E-state index contributed by atoms with van der Waals surface area (Å²) in [6, 6.07) is 6.56. The highest BCUT2D eigenvalue weighted by molar-refractivity contribution is 7.71. The predicted molar refractivity (Wildman–Crippen MR) is 92.1 cm³/mol. The maximum atomic E-state index is 12.4. The zero-order valence-corrected chi connectivity index (χ0v) is 13.9. The zero-order chi connectivity index (χ0) is 17.4. The van der Waals surface area contributed by atoms with Crippen molar-refractivity contribution in [1.29, 1.82) is 0 Å². The van der Waals surface area contributed by atoms with Crippen molar-refractivity contribution in [2.75, 3.05) is 18.2 Å². The molecule has 7 nitrogen and oxygen atoms in total. The molecule has 0 spiro atoms. The van der Waals surface area contributed by atoms with Gasteiger partial charge in [0, 0.05) is 11.3 Å². The summed E-state index contributed by atoms with van der Waals surface area (Å²) in [6.07, 6.45) is 0. The van der Waals surface area contributed by atoms with Crippen LogP contribution in [0.4, 0.5) is 11.6 Å². The fourth-order valence-electron chi connectivity index (χ4n) is 2.87. The first-order valence-electron chi connectivity index (χ1n) is 7.17. The normalized spacial score (nSPS) is 16.3. The number of H-pyrrole nitrogens is 1. The molecule has 0 saturated carbocycles. The van der Waals surface area contributed by atoms with E-state index in [1.54, 1.807) is 31.2 Å². The number of esters is 1. The summed E-state index contributed by atoms with van der Waals surface area (Å²) in [5.74, 6) is -0.00465. The summed E-state index contributed by atoms with van der Waals surface area (Å²) in [4.78, 5) is 19.4. The van der Waals surface area contributed by atoms with E-state index in [4.69, 9.17) is 22.7 Å². The van der Waals surface area contributed by atoms with E-state index in [9.17, 15) is 9.90 Å². The minimum Gasteiger partial charge on any atom is -0.508 e. The minimum absolute atomic E-state index is 0.131. The summed E-state index contributed by atoms with van der Waals surface area (Å²) in [5.41, 5.74) is 8.54. The molecule has 0 bridgehead atoms. The molecule has 2 heterocycles. The number of nitrogens with two attached hydrogens (primary N) is 1. The van der Waals surface area contributed by atoms with E-state index < -0.39 is 11.9 Å². The Kier molecular flexibility index (Phi) is 3.98. The van der Waals surface area contributed by atoms with E-state index in [0.717, 1.165) is 5.56 Å². The number of ether oxygens (including phenoxy) is 1. The van der Waals surface area contributed by atoms with Gasteiger partial charge in [-0.25, -0.2) is 9.78 Å². The monoisotopic (exact) mass is 344 g/mol. The summed E-state index contributed by atoms with van der Waals surface area (Å²) in [7, 11) is 1.33. The number of nitrogens with zero attached hydrogens (tertiary/aromatic N) is 1. The van der Waals surface area contributed by atoms with Crippen LogP contribution >= 0.6 is 12.2 Å². The molecule has 1 atom stereocenters. The number of aromatic hydroxyl groups is 1. The number of carbonyl (C=O) groups is 1. The molecule has 0 saturated heterocycles. The Labute approximate surface area is 143 Å². The van der Waals surface area contributed by atoms with E-state index in [-0.39, 0.29) is 10.5 Å². The standard InChI is InChI=1S/C16H16N4O3S/c1-7-10(15(22)23-2)11(8-3-5-9(21)6-4-8)12-13(17)19-16(24)20-14(12)18-7/h3-6,11,21H,1-2H3,(H4,17,18,19,20,24). The number of phenols is 1. The molecule has 8 heteroatoms. The Bertz CT molecular complexity index is 903. The number of fused-ring (bicyclic) bond motifs is 1. The van der Waals surface area contributed by atoms with E-state index >= 15 is 0 Å². The molecular formula is C16H16N4O3S. The number of rotatable bonds is 2. The fraction of sp³-hybridized carbons (Fsp3) is 0.188. The minimum atomic E-state index is -0.492. The molecule has 0 aliphatic carbocycles. The lowest BCUT2D eigenvalue weighted by molar-refractivity contribution is -0.136. The maximum Gasteiger partial charge on any atom is 0.336 e. The van der Waals surface area contributed by atoms with Gasteiger partial charge in [0.1, 0.15) is 17.4 Å². The van der Waals surface area contributed by atoms with Crippen LogP contribution in [0, 0.1) is 4.77 Å². The lowest BCUT2D eigenvalue weighted by atomic mass is 9.82. The predicted octanol–water partition coefficient (Wildman–Crippen LogP) is 2.43. The van der Waals surface area contributed by atoms with E-state index in [1.165, 1.54) is 7.11 Å². The third-order valence-electron chi connectivity index (χ3n) is 3.92. The van der Waals surface area contributed by atoms with Gasteiger partial charge in [-0.15, -0.1) is 0 Å². The Morgan fingerprint density at radius 3 is 2.67 bits per heavy atom. The van der Waals surface area contributed by atoms with Gasteiger partial charge in [-0.2, -0.15) is 0 Å². The Balaban J connectivity index is 2.29. The average molecular weight is 344 g/mol.